The monoisotopic (exact) mass is 412 g/mol. The van der Waals surface area contributed by atoms with Gasteiger partial charge in [0.25, 0.3) is 0 Å². The van der Waals surface area contributed by atoms with E-state index in [1.165, 1.54) is 17.1 Å². The lowest BCUT2D eigenvalue weighted by molar-refractivity contribution is -0.121. The van der Waals surface area contributed by atoms with Crippen LogP contribution in [-0.2, 0) is 4.79 Å². The second-order valence-corrected chi connectivity index (χ2v) is 7.93. The van der Waals surface area contributed by atoms with Crippen molar-refractivity contribution in [3.05, 3.63) is 53.3 Å². The fourth-order valence-electron chi connectivity index (χ4n) is 4.03. The molecule has 6 nitrogen and oxygen atoms in total. The van der Waals surface area contributed by atoms with Gasteiger partial charge in [-0.15, -0.1) is 0 Å². The second kappa shape index (κ2) is 8.43. The van der Waals surface area contributed by atoms with Gasteiger partial charge in [-0.2, -0.15) is 0 Å². The van der Waals surface area contributed by atoms with E-state index in [4.69, 9.17) is 16.3 Å². The lowest BCUT2D eigenvalue weighted by Crippen LogP contribution is -2.45. The summed E-state index contributed by atoms with van der Waals surface area (Å²) in [5.74, 6) is 1.82. The van der Waals surface area contributed by atoms with Gasteiger partial charge in [0, 0.05) is 23.3 Å². The number of nitrogens with zero attached hydrogens (tertiary/aromatic N) is 2. The molecule has 2 N–H and O–H groups in total. The summed E-state index contributed by atoms with van der Waals surface area (Å²) in [4.78, 5) is 22.3. The molecule has 2 aromatic heterocycles. The van der Waals surface area contributed by atoms with Crippen molar-refractivity contribution in [3.63, 3.8) is 0 Å². The molecule has 3 aromatic rings. The molecule has 3 heterocycles. The van der Waals surface area contributed by atoms with E-state index in [-0.39, 0.29) is 11.9 Å². The van der Waals surface area contributed by atoms with Gasteiger partial charge in [-0.25, -0.2) is 4.98 Å². The van der Waals surface area contributed by atoms with Crippen LogP contribution in [0, 0.1) is 0 Å². The normalized spacial score (nSPS) is 16.7. The number of anilines is 1. The van der Waals surface area contributed by atoms with E-state index in [0.29, 0.717) is 16.8 Å². The molecule has 1 aliphatic heterocycles. The summed E-state index contributed by atoms with van der Waals surface area (Å²) in [5, 5.41) is 4.65. The van der Waals surface area contributed by atoms with Crippen molar-refractivity contribution in [3.8, 4) is 5.75 Å². The summed E-state index contributed by atoms with van der Waals surface area (Å²) in [6, 6.07) is 9.35. The van der Waals surface area contributed by atoms with Crippen molar-refractivity contribution in [1.82, 2.24) is 14.9 Å². The molecule has 1 unspecified atom stereocenters. The Balaban J connectivity index is 1.39. The van der Waals surface area contributed by atoms with Crippen molar-refractivity contribution in [2.45, 2.75) is 31.7 Å². The number of ether oxygens (including phenoxy) is 1. The van der Waals surface area contributed by atoms with Crippen molar-refractivity contribution < 1.29 is 9.53 Å². The largest absolute Gasteiger partial charge is 0.497 e. The average Bonchev–Trinajstić information content (AvgIpc) is 3.18. The molecule has 7 heteroatoms. The topological polar surface area (TPSA) is 70.2 Å². The number of aromatic nitrogens is 2. The Bertz CT molecular complexity index is 994. The van der Waals surface area contributed by atoms with Gasteiger partial charge in [0.1, 0.15) is 11.6 Å². The van der Waals surface area contributed by atoms with Crippen LogP contribution in [-0.4, -0.2) is 47.0 Å². The fourth-order valence-corrected chi connectivity index (χ4v) is 4.14. The number of pyridine rings is 1. The molecule has 0 saturated carbocycles. The third-order valence-electron chi connectivity index (χ3n) is 5.80. The Morgan fingerprint density at radius 1 is 1.31 bits per heavy atom. The Labute approximate surface area is 175 Å². The highest BCUT2D eigenvalue weighted by molar-refractivity contribution is 6.30. The zero-order valence-corrected chi connectivity index (χ0v) is 17.4. The first kappa shape index (κ1) is 19.7. The highest BCUT2D eigenvalue weighted by Crippen LogP contribution is 2.35. The molecule has 29 heavy (non-hydrogen) atoms. The first-order valence-electron chi connectivity index (χ1n) is 9.86. The molecule has 1 aliphatic rings. The van der Waals surface area contributed by atoms with E-state index in [1.807, 2.05) is 13.0 Å². The number of rotatable bonds is 5. The molecule has 1 atom stereocenters. The number of halogens is 1. The van der Waals surface area contributed by atoms with Gasteiger partial charge in [0.2, 0.25) is 5.91 Å². The Morgan fingerprint density at radius 2 is 2.10 bits per heavy atom. The Kier molecular flexibility index (Phi) is 5.74. The summed E-state index contributed by atoms with van der Waals surface area (Å²) in [6.07, 6.45) is 5.68. The number of H-pyrrole nitrogens is 1. The minimum Gasteiger partial charge on any atom is -0.497 e. The molecule has 1 fully saturated rings. The predicted molar refractivity (Wildman–Crippen MR) is 116 cm³/mol. The van der Waals surface area contributed by atoms with Crippen molar-refractivity contribution in [2.24, 2.45) is 0 Å². The van der Waals surface area contributed by atoms with Gasteiger partial charge < -0.3 is 15.0 Å². The molecular weight excluding hydrogens is 388 g/mol. The number of likely N-dealkylation sites (tertiary alicyclic amines) is 1. The summed E-state index contributed by atoms with van der Waals surface area (Å²) >= 11 is 5.85. The quantitative estimate of drug-likeness (QED) is 0.650. The van der Waals surface area contributed by atoms with E-state index >= 15 is 0 Å². The zero-order chi connectivity index (χ0) is 20.4. The van der Waals surface area contributed by atoms with Crippen molar-refractivity contribution in [1.29, 1.82) is 0 Å². The number of fused-ring (bicyclic) bond motifs is 1. The summed E-state index contributed by atoms with van der Waals surface area (Å²) in [7, 11) is 1.69. The fraction of sp³-hybridized carbons (Fsp3) is 0.364. The molecular formula is C22H25ClN4O2. The van der Waals surface area contributed by atoms with Gasteiger partial charge in [0.05, 0.1) is 18.2 Å². The van der Waals surface area contributed by atoms with Crippen LogP contribution in [0.1, 0.15) is 31.2 Å². The molecule has 0 aliphatic carbocycles. The molecule has 0 spiro atoms. The van der Waals surface area contributed by atoms with E-state index in [9.17, 15) is 4.79 Å². The number of methoxy groups -OCH3 is 1. The Hall–Kier alpha value is -2.57. The average molecular weight is 413 g/mol. The third-order valence-corrected chi connectivity index (χ3v) is 6.02. The van der Waals surface area contributed by atoms with E-state index in [2.05, 4.69) is 38.5 Å². The standard InChI is InChI=1S/C22H25ClN4O2/c1-14(22(28)26-21-6-3-16(23)12-25-21)27-9-7-15(8-10-27)19-13-24-20-5-4-17(29-2)11-18(19)20/h3-6,11-15,24H,7-10H2,1-2H3,(H,25,26,28). The second-order valence-electron chi connectivity index (χ2n) is 7.49. The van der Waals surface area contributed by atoms with E-state index < -0.39 is 0 Å². The van der Waals surface area contributed by atoms with Crippen LogP contribution in [0.15, 0.2) is 42.7 Å². The molecule has 1 aromatic carbocycles. The number of piperidine rings is 1. The van der Waals surface area contributed by atoms with Crippen LogP contribution in [0.4, 0.5) is 5.82 Å². The van der Waals surface area contributed by atoms with Crippen LogP contribution in [0.3, 0.4) is 0 Å². The highest BCUT2D eigenvalue weighted by Gasteiger charge is 2.28. The summed E-state index contributed by atoms with van der Waals surface area (Å²) in [6.45, 7) is 3.70. The van der Waals surface area contributed by atoms with E-state index in [1.54, 1.807) is 19.2 Å². The number of hydrogen-bond acceptors (Lipinski definition) is 4. The lowest BCUT2D eigenvalue weighted by Gasteiger charge is -2.35. The van der Waals surface area contributed by atoms with Gasteiger partial charge in [-0.05, 0) is 74.7 Å². The molecule has 0 bridgehead atoms. The minimum atomic E-state index is -0.212. The van der Waals surface area contributed by atoms with Gasteiger partial charge >= 0.3 is 0 Å². The maximum Gasteiger partial charge on any atom is 0.242 e. The summed E-state index contributed by atoms with van der Waals surface area (Å²) < 4.78 is 5.39. The smallest absolute Gasteiger partial charge is 0.242 e. The van der Waals surface area contributed by atoms with Gasteiger partial charge in [0.15, 0.2) is 0 Å². The van der Waals surface area contributed by atoms with E-state index in [0.717, 1.165) is 37.2 Å². The van der Waals surface area contributed by atoms with Gasteiger partial charge in [-0.1, -0.05) is 11.6 Å². The maximum absolute atomic E-state index is 12.6. The molecule has 0 radical (unpaired) electrons. The van der Waals surface area contributed by atoms with Crippen molar-refractivity contribution in [2.75, 3.05) is 25.5 Å². The molecule has 152 valence electrons. The molecule has 4 rings (SSSR count). The van der Waals surface area contributed by atoms with Gasteiger partial charge in [-0.3, -0.25) is 9.69 Å². The van der Waals surface area contributed by atoms with Crippen LogP contribution in [0.2, 0.25) is 5.02 Å². The number of benzene rings is 1. The summed E-state index contributed by atoms with van der Waals surface area (Å²) in [5.41, 5.74) is 2.47. The third kappa shape index (κ3) is 4.23. The first-order valence-corrected chi connectivity index (χ1v) is 10.2. The Morgan fingerprint density at radius 3 is 2.79 bits per heavy atom. The first-order chi connectivity index (χ1) is 14.0. The number of carbonyl (C=O) groups excluding carboxylic acids is 1. The zero-order valence-electron chi connectivity index (χ0n) is 16.6. The lowest BCUT2D eigenvalue weighted by atomic mass is 9.88. The number of hydrogen-bond donors (Lipinski definition) is 2. The van der Waals surface area contributed by atoms with Crippen LogP contribution >= 0.6 is 11.6 Å². The number of carbonyl (C=O) groups is 1. The molecule has 1 amide bonds. The number of aromatic amines is 1. The number of amides is 1. The minimum absolute atomic E-state index is 0.0462. The molecule has 1 saturated heterocycles. The predicted octanol–water partition coefficient (Wildman–Crippen LogP) is 4.43. The highest BCUT2D eigenvalue weighted by atomic mass is 35.5. The van der Waals surface area contributed by atoms with Crippen LogP contribution < -0.4 is 10.1 Å². The van der Waals surface area contributed by atoms with Crippen LogP contribution in [0.25, 0.3) is 10.9 Å². The maximum atomic E-state index is 12.6. The van der Waals surface area contributed by atoms with Crippen molar-refractivity contribution >= 4 is 34.2 Å². The number of nitrogens with one attached hydrogen (secondary N) is 2. The SMILES string of the molecule is COc1ccc2[nH]cc(C3CCN(C(C)C(=O)Nc4ccc(Cl)cn4)CC3)c2c1. The van der Waals surface area contributed by atoms with Crippen LogP contribution in [0.5, 0.6) is 5.75 Å².